The van der Waals surface area contributed by atoms with Gasteiger partial charge >= 0.3 is 0 Å². The van der Waals surface area contributed by atoms with Gasteiger partial charge in [-0.3, -0.25) is 4.79 Å². The van der Waals surface area contributed by atoms with Crippen LogP contribution in [0.3, 0.4) is 0 Å². The molecule has 0 spiro atoms. The lowest BCUT2D eigenvalue weighted by Gasteiger charge is -2.16. The highest BCUT2D eigenvalue weighted by Gasteiger charge is 2.24. The molecule has 114 valence electrons. The average molecular weight is 313 g/mol. The van der Waals surface area contributed by atoms with E-state index in [1.807, 2.05) is 36.6 Å². The number of ether oxygens (including phenoxy) is 1. The van der Waals surface area contributed by atoms with Gasteiger partial charge in [-0.2, -0.15) is 0 Å². The van der Waals surface area contributed by atoms with Crippen molar-refractivity contribution in [1.29, 1.82) is 0 Å². The first kappa shape index (κ1) is 15.0. The molecule has 0 aliphatic heterocycles. The van der Waals surface area contributed by atoms with Crippen LogP contribution in [0, 0.1) is 0 Å². The number of thioether (sulfide) groups is 1. The van der Waals surface area contributed by atoms with Gasteiger partial charge in [-0.25, -0.2) is 0 Å². The molecule has 1 N–H and O–H groups in total. The quantitative estimate of drug-likeness (QED) is 0.872. The molecule has 1 amide bonds. The predicted molar refractivity (Wildman–Crippen MR) is 89.7 cm³/mol. The van der Waals surface area contributed by atoms with Crippen LogP contribution in [0.5, 0.6) is 5.75 Å². The summed E-state index contributed by atoms with van der Waals surface area (Å²) < 4.78 is 5.37. The summed E-state index contributed by atoms with van der Waals surface area (Å²) in [6.45, 7) is 0. The summed E-state index contributed by atoms with van der Waals surface area (Å²) in [7, 11) is 1.60. The highest BCUT2D eigenvalue weighted by atomic mass is 32.2. The molecule has 3 nitrogen and oxygen atoms in total. The first-order valence-corrected chi connectivity index (χ1v) is 8.56. The molecular weight excluding hydrogens is 294 g/mol. The molecule has 3 rings (SSSR count). The Labute approximate surface area is 135 Å². The van der Waals surface area contributed by atoms with Gasteiger partial charge in [-0.15, -0.1) is 11.8 Å². The number of carbonyl (C=O) groups is 1. The monoisotopic (exact) mass is 313 g/mol. The number of nitrogens with one attached hydrogen (secondary N) is 1. The summed E-state index contributed by atoms with van der Waals surface area (Å²) >= 11 is 1.63. The Balaban J connectivity index is 1.81. The average Bonchev–Trinajstić information content (AvgIpc) is 2.97. The van der Waals surface area contributed by atoms with Crippen LogP contribution in [0.15, 0.2) is 47.4 Å². The van der Waals surface area contributed by atoms with Gasteiger partial charge in [0, 0.05) is 4.90 Å². The maximum absolute atomic E-state index is 12.6. The summed E-state index contributed by atoms with van der Waals surface area (Å²) in [5, 5.41) is 3.14. The summed E-state index contributed by atoms with van der Waals surface area (Å²) in [4.78, 5) is 13.7. The maximum Gasteiger partial charge on any atom is 0.255 e. The smallest absolute Gasteiger partial charge is 0.255 e. The molecule has 0 saturated heterocycles. The number of aryl methyl sites for hydroxylation is 1. The molecule has 0 radical (unpaired) electrons. The Kier molecular flexibility index (Phi) is 4.39. The number of benzene rings is 2. The molecule has 0 aromatic heterocycles. The number of fused-ring (bicyclic) bond motifs is 1. The first-order valence-electron chi connectivity index (χ1n) is 7.33. The normalized spacial score (nSPS) is 16.2. The third-order valence-electron chi connectivity index (χ3n) is 4.09. The van der Waals surface area contributed by atoms with Gasteiger partial charge in [0.05, 0.1) is 18.7 Å². The van der Waals surface area contributed by atoms with Crippen molar-refractivity contribution in [1.82, 2.24) is 5.32 Å². The van der Waals surface area contributed by atoms with Crippen LogP contribution in [-0.2, 0) is 6.42 Å². The van der Waals surface area contributed by atoms with Crippen LogP contribution in [0.1, 0.15) is 33.9 Å². The number of methoxy groups -OCH3 is 1. The molecule has 2 aromatic rings. The molecular formula is C18H19NO2S. The molecule has 0 unspecified atom stereocenters. The van der Waals surface area contributed by atoms with Gasteiger partial charge in [0.1, 0.15) is 5.75 Å². The third-order valence-corrected chi connectivity index (χ3v) is 4.82. The molecule has 0 bridgehead atoms. The largest absolute Gasteiger partial charge is 0.496 e. The lowest BCUT2D eigenvalue weighted by molar-refractivity contribution is 0.0933. The zero-order valence-electron chi connectivity index (χ0n) is 12.8. The Morgan fingerprint density at radius 3 is 2.86 bits per heavy atom. The molecule has 0 heterocycles. The summed E-state index contributed by atoms with van der Waals surface area (Å²) in [5.74, 6) is 0.543. The summed E-state index contributed by atoms with van der Waals surface area (Å²) in [6, 6.07) is 14.1. The fraction of sp³-hybridized carbons (Fsp3) is 0.278. The zero-order valence-corrected chi connectivity index (χ0v) is 13.6. The van der Waals surface area contributed by atoms with E-state index in [0.717, 1.165) is 17.7 Å². The second-order valence-corrected chi connectivity index (χ2v) is 6.21. The van der Waals surface area contributed by atoms with Crippen molar-refractivity contribution < 1.29 is 9.53 Å². The van der Waals surface area contributed by atoms with Gasteiger partial charge in [0.15, 0.2) is 0 Å². The Morgan fingerprint density at radius 1 is 1.27 bits per heavy atom. The Hall–Kier alpha value is -1.94. The Bertz CT molecular complexity index is 699. The van der Waals surface area contributed by atoms with E-state index in [1.54, 1.807) is 18.9 Å². The van der Waals surface area contributed by atoms with Crippen molar-refractivity contribution in [2.75, 3.05) is 13.4 Å². The van der Waals surface area contributed by atoms with Crippen LogP contribution < -0.4 is 10.1 Å². The molecule has 2 aromatic carbocycles. The Morgan fingerprint density at radius 2 is 2.09 bits per heavy atom. The standard InChI is InChI=1S/C18H19NO2S/c1-21-17-11-13(22-2)8-9-15(17)18(20)19-16-10-7-12-5-3-4-6-14(12)16/h3-6,8-9,11,16H,7,10H2,1-2H3,(H,19,20)/t16-/m0/s1. The van der Waals surface area contributed by atoms with E-state index in [-0.39, 0.29) is 11.9 Å². The number of hydrogen-bond acceptors (Lipinski definition) is 3. The number of amides is 1. The van der Waals surface area contributed by atoms with Crippen molar-refractivity contribution in [2.45, 2.75) is 23.8 Å². The minimum absolute atomic E-state index is 0.0776. The SMILES string of the molecule is COc1cc(SC)ccc1C(=O)N[C@H]1CCc2ccccc21. The molecule has 0 fully saturated rings. The van der Waals surface area contributed by atoms with Gasteiger partial charge in [0.2, 0.25) is 0 Å². The molecule has 22 heavy (non-hydrogen) atoms. The van der Waals surface area contributed by atoms with Gasteiger partial charge in [-0.05, 0) is 48.4 Å². The van der Waals surface area contributed by atoms with Gasteiger partial charge in [-0.1, -0.05) is 24.3 Å². The van der Waals surface area contributed by atoms with Crippen LogP contribution in [0.2, 0.25) is 0 Å². The summed E-state index contributed by atoms with van der Waals surface area (Å²) in [5.41, 5.74) is 3.15. The molecule has 1 atom stereocenters. The predicted octanol–water partition coefficient (Wildman–Crippen LogP) is 3.83. The number of rotatable bonds is 4. The zero-order chi connectivity index (χ0) is 15.5. The van der Waals surface area contributed by atoms with Crippen molar-refractivity contribution in [3.8, 4) is 5.75 Å². The van der Waals surface area contributed by atoms with Crippen molar-refractivity contribution in [3.63, 3.8) is 0 Å². The van der Waals surface area contributed by atoms with E-state index in [0.29, 0.717) is 11.3 Å². The van der Waals surface area contributed by atoms with E-state index in [9.17, 15) is 4.79 Å². The fourth-order valence-electron chi connectivity index (χ4n) is 2.93. The van der Waals surface area contributed by atoms with Crippen LogP contribution >= 0.6 is 11.8 Å². The lowest BCUT2D eigenvalue weighted by atomic mass is 10.1. The second-order valence-electron chi connectivity index (χ2n) is 5.33. The topological polar surface area (TPSA) is 38.3 Å². The van der Waals surface area contributed by atoms with Crippen molar-refractivity contribution >= 4 is 17.7 Å². The maximum atomic E-state index is 12.6. The third kappa shape index (κ3) is 2.83. The van der Waals surface area contributed by atoms with Gasteiger partial charge < -0.3 is 10.1 Å². The molecule has 1 aliphatic carbocycles. The van der Waals surface area contributed by atoms with Crippen LogP contribution in [0.25, 0.3) is 0 Å². The molecule has 4 heteroatoms. The minimum atomic E-state index is -0.0776. The highest BCUT2D eigenvalue weighted by molar-refractivity contribution is 7.98. The fourth-order valence-corrected chi connectivity index (χ4v) is 3.36. The van der Waals surface area contributed by atoms with E-state index in [2.05, 4.69) is 17.4 Å². The minimum Gasteiger partial charge on any atom is -0.496 e. The molecule has 1 aliphatic rings. The van der Waals surface area contributed by atoms with Crippen LogP contribution in [-0.4, -0.2) is 19.3 Å². The van der Waals surface area contributed by atoms with Crippen molar-refractivity contribution in [3.05, 3.63) is 59.2 Å². The number of hydrogen-bond donors (Lipinski definition) is 1. The number of carbonyl (C=O) groups excluding carboxylic acids is 1. The van der Waals surface area contributed by atoms with E-state index >= 15 is 0 Å². The highest BCUT2D eigenvalue weighted by Crippen LogP contribution is 2.32. The molecule has 0 saturated carbocycles. The van der Waals surface area contributed by atoms with Crippen LogP contribution in [0.4, 0.5) is 0 Å². The lowest BCUT2D eigenvalue weighted by Crippen LogP contribution is -2.27. The first-order chi connectivity index (χ1) is 10.7. The van der Waals surface area contributed by atoms with E-state index < -0.39 is 0 Å². The van der Waals surface area contributed by atoms with E-state index in [4.69, 9.17) is 4.74 Å². The second kappa shape index (κ2) is 6.44. The van der Waals surface area contributed by atoms with Crippen molar-refractivity contribution in [2.24, 2.45) is 0 Å². The van der Waals surface area contributed by atoms with Gasteiger partial charge in [0.25, 0.3) is 5.91 Å². The van der Waals surface area contributed by atoms with E-state index in [1.165, 1.54) is 11.1 Å². The summed E-state index contributed by atoms with van der Waals surface area (Å²) in [6.07, 6.45) is 3.98.